The summed E-state index contributed by atoms with van der Waals surface area (Å²) in [5.41, 5.74) is 1.58. The lowest BCUT2D eigenvalue weighted by atomic mass is 10.2. The van der Waals surface area contributed by atoms with Crippen molar-refractivity contribution in [2.45, 2.75) is 13.3 Å². The SMILES string of the molecule is CC(=O)SCCC#Cc1c[nH]c2nccc(Cl)c12. The van der Waals surface area contributed by atoms with Gasteiger partial charge < -0.3 is 4.98 Å². The van der Waals surface area contributed by atoms with E-state index in [-0.39, 0.29) is 5.12 Å². The number of aromatic nitrogens is 2. The minimum Gasteiger partial charge on any atom is -0.345 e. The second-order valence-electron chi connectivity index (χ2n) is 3.61. The molecule has 18 heavy (non-hydrogen) atoms. The molecule has 0 amide bonds. The van der Waals surface area contributed by atoms with Gasteiger partial charge in [0.15, 0.2) is 5.12 Å². The lowest BCUT2D eigenvalue weighted by Crippen LogP contribution is -1.84. The minimum absolute atomic E-state index is 0.121. The highest BCUT2D eigenvalue weighted by molar-refractivity contribution is 8.13. The molecule has 0 fully saturated rings. The summed E-state index contributed by atoms with van der Waals surface area (Å²) in [4.78, 5) is 17.9. The predicted molar refractivity (Wildman–Crippen MR) is 75.7 cm³/mol. The van der Waals surface area contributed by atoms with Crippen LogP contribution >= 0.6 is 23.4 Å². The molecule has 0 spiro atoms. The zero-order valence-electron chi connectivity index (χ0n) is 9.79. The molecule has 2 heterocycles. The second-order valence-corrected chi connectivity index (χ2v) is 5.29. The Labute approximate surface area is 114 Å². The molecule has 0 atom stereocenters. The summed E-state index contributed by atoms with van der Waals surface area (Å²) in [5.74, 6) is 6.80. The number of hydrogen-bond donors (Lipinski definition) is 1. The Morgan fingerprint density at radius 1 is 1.61 bits per heavy atom. The van der Waals surface area contributed by atoms with Gasteiger partial charge in [-0.15, -0.1) is 0 Å². The first-order valence-corrected chi connectivity index (χ1v) is 6.78. The van der Waals surface area contributed by atoms with Crippen molar-refractivity contribution < 1.29 is 4.79 Å². The van der Waals surface area contributed by atoms with E-state index in [0.29, 0.717) is 11.4 Å². The van der Waals surface area contributed by atoms with E-state index in [0.717, 1.165) is 22.3 Å². The molecule has 92 valence electrons. The molecule has 2 aromatic rings. The summed E-state index contributed by atoms with van der Waals surface area (Å²) in [6, 6.07) is 1.74. The average molecular weight is 279 g/mol. The number of fused-ring (bicyclic) bond motifs is 1. The van der Waals surface area contributed by atoms with Gasteiger partial charge in [0.1, 0.15) is 5.65 Å². The predicted octanol–water partition coefficient (Wildman–Crippen LogP) is 3.24. The monoisotopic (exact) mass is 278 g/mol. The number of aromatic amines is 1. The van der Waals surface area contributed by atoms with E-state index >= 15 is 0 Å². The van der Waals surface area contributed by atoms with Crippen LogP contribution in [-0.4, -0.2) is 20.8 Å². The number of carbonyl (C=O) groups is 1. The van der Waals surface area contributed by atoms with Crippen molar-refractivity contribution in [2.24, 2.45) is 0 Å². The molecule has 0 saturated carbocycles. The first-order chi connectivity index (χ1) is 8.68. The molecule has 2 aromatic heterocycles. The summed E-state index contributed by atoms with van der Waals surface area (Å²) >= 11 is 7.40. The molecule has 5 heteroatoms. The molecule has 3 nitrogen and oxygen atoms in total. The van der Waals surface area contributed by atoms with E-state index in [2.05, 4.69) is 21.8 Å². The number of thioether (sulfide) groups is 1. The second kappa shape index (κ2) is 5.94. The third kappa shape index (κ3) is 3.06. The van der Waals surface area contributed by atoms with Crippen molar-refractivity contribution in [1.82, 2.24) is 9.97 Å². The molecule has 0 aliphatic rings. The number of nitrogens with zero attached hydrogens (tertiary/aromatic N) is 1. The van der Waals surface area contributed by atoms with Crippen LogP contribution in [0.25, 0.3) is 11.0 Å². The Bertz CT molecular complexity index is 639. The van der Waals surface area contributed by atoms with Gasteiger partial charge in [0.05, 0.1) is 16.0 Å². The highest BCUT2D eigenvalue weighted by Gasteiger charge is 2.05. The fourth-order valence-electron chi connectivity index (χ4n) is 1.52. The van der Waals surface area contributed by atoms with Crippen LogP contribution in [0.4, 0.5) is 0 Å². The van der Waals surface area contributed by atoms with E-state index < -0.39 is 0 Å². The summed E-state index contributed by atoms with van der Waals surface area (Å²) in [6.07, 6.45) is 4.13. The Balaban J connectivity index is 2.13. The summed E-state index contributed by atoms with van der Waals surface area (Å²) in [7, 11) is 0. The van der Waals surface area contributed by atoms with Gasteiger partial charge in [0.2, 0.25) is 0 Å². The fraction of sp³-hybridized carbons (Fsp3) is 0.231. The van der Waals surface area contributed by atoms with Crippen LogP contribution in [0.5, 0.6) is 0 Å². The molecule has 0 aliphatic carbocycles. The van der Waals surface area contributed by atoms with Crippen LogP contribution in [0.2, 0.25) is 5.02 Å². The van der Waals surface area contributed by atoms with Crippen molar-refractivity contribution in [3.8, 4) is 11.8 Å². The Morgan fingerprint density at radius 3 is 3.22 bits per heavy atom. The van der Waals surface area contributed by atoms with Gasteiger partial charge in [0.25, 0.3) is 0 Å². The topological polar surface area (TPSA) is 45.8 Å². The van der Waals surface area contributed by atoms with Crippen molar-refractivity contribution in [1.29, 1.82) is 0 Å². The van der Waals surface area contributed by atoms with E-state index in [9.17, 15) is 4.79 Å². The number of halogens is 1. The van der Waals surface area contributed by atoms with Crippen molar-refractivity contribution in [2.75, 3.05) is 5.75 Å². The maximum atomic E-state index is 10.7. The van der Waals surface area contributed by atoms with Gasteiger partial charge in [-0.1, -0.05) is 35.2 Å². The molecule has 0 aromatic carbocycles. The van der Waals surface area contributed by atoms with Crippen molar-refractivity contribution >= 4 is 39.5 Å². The number of rotatable bonds is 2. The lowest BCUT2D eigenvalue weighted by Gasteiger charge is -1.93. The van der Waals surface area contributed by atoms with Gasteiger partial charge in [-0.25, -0.2) is 4.98 Å². The molecular formula is C13H11ClN2OS. The number of H-pyrrole nitrogens is 1. The average Bonchev–Trinajstić information content (AvgIpc) is 2.73. The number of pyridine rings is 1. The van der Waals surface area contributed by atoms with Gasteiger partial charge in [-0.05, 0) is 6.07 Å². The van der Waals surface area contributed by atoms with Gasteiger partial charge >= 0.3 is 0 Å². The van der Waals surface area contributed by atoms with Crippen LogP contribution in [0.15, 0.2) is 18.5 Å². The smallest absolute Gasteiger partial charge is 0.185 e. The van der Waals surface area contributed by atoms with Crippen molar-refractivity contribution in [3.63, 3.8) is 0 Å². The maximum absolute atomic E-state index is 10.7. The highest BCUT2D eigenvalue weighted by atomic mass is 35.5. The third-order valence-corrected chi connectivity index (χ3v) is 3.41. The summed E-state index contributed by atoms with van der Waals surface area (Å²) in [5, 5.41) is 1.62. The zero-order chi connectivity index (χ0) is 13.0. The first kappa shape index (κ1) is 13.0. The standard InChI is InChI=1S/C13H11ClN2OS/c1-9(17)18-7-3-2-4-10-8-16-13-12(10)11(14)5-6-15-13/h5-6,8H,3,7H2,1H3,(H,15,16). The lowest BCUT2D eigenvalue weighted by molar-refractivity contribution is -0.109. The molecule has 0 aliphatic heterocycles. The molecule has 2 rings (SSSR count). The van der Waals surface area contributed by atoms with Gasteiger partial charge in [-0.3, -0.25) is 4.79 Å². The molecule has 0 bridgehead atoms. The Hall–Kier alpha value is -1.44. The van der Waals surface area contributed by atoms with E-state index in [1.54, 1.807) is 25.4 Å². The van der Waals surface area contributed by atoms with Crippen LogP contribution in [0.3, 0.4) is 0 Å². The zero-order valence-corrected chi connectivity index (χ0v) is 11.4. The largest absolute Gasteiger partial charge is 0.345 e. The summed E-state index contributed by atoms with van der Waals surface area (Å²) in [6.45, 7) is 1.56. The molecule has 0 saturated heterocycles. The van der Waals surface area contributed by atoms with E-state index in [1.807, 2.05) is 0 Å². The first-order valence-electron chi connectivity index (χ1n) is 5.42. The van der Waals surface area contributed by atoms with Gasteiger partial charge in [-0.2, -0.15) is 0 Å². The van der Waals surface area contributed by atoms with E-state index in [4.69, 9.17) is 11.6 Å². The highest BCUT2D eigenvalue weighted by Crippen LogP contribution is 2.24. The fourth-order valence-corrected chi connectivity index (χ4v) is 2.26. The van der Waals surface area contributed by atoms with Crippen LogP contribution in [0.1, 0.15) is 18.9 Å². The normalized spacial score (nSPS) is 10.1. The molecule has 1 N–H and O–H groups in total. The Morgan fingerprint density at radius 2 is 2.44 bits per heavy atom. The van der Waals surface area contributed by atoms with Crippen LogP contribution in [-0.2, 0) is 4.79 Å². The number of nitrogens with one attached hydrogen (secondary N) is 1. The quantitative estimate of drug-likeness (QED) is 0.678. The maximum Gasteiger partial charge on any atom is 0.185 e. The van der Waals surface area contributed by atoms with Crippen molar-refractivity contribution in [3.05, 3.63) is 29.0 Å². The third-order valence-electron chi connectivity index (χ3n) is 2.28. The van der Waals surface area contributed by atoms with Crippen LogP contribution in [0, 0.1) is 11.8 Å². The van der Waals surface area contributed by atoms with E-state index in [1.165, 1.54) is 11.8 Å². The molecule has 0 unspecified atom stereocenters. The molecule has 0 radical (unpaired) electrons. The minimum atomic E-state index is 0.121. The molecular weight excluding hydrogens is 268 g/mol. The summed E-state index contributed by atoms with van der Waals surface area (Å²) < 4.78 is 0. The number of hydrogen-bond acceptors (Lipinski definition) is 3. The number of carbonyl (C=O) groups excluding carboxylic acids is 1. The van der Waals surface area contributed by atoms with Gasteiger partial charge in [0, 0.05) is 31.5 Å². The van der Waals surface area contributed by atoms with Crippen LogP contribution < -0.4 is 0 Å². The Kier molecular flexibility index (Phi) is 4.29.